The van der Waals surface area contributed by atoms with Crippen LogP contribution in [0.2, 0.25) is 0 Å². The molecule has 18 heavy (non-hydrogen) atoms. The van der Waals surface area contributed by atoms with Gasteiger partial charge in [0, 0.05) is 12.0 Å². The lowest BCUT2D eigenvalue weighted by atomic mass is 9.93. The molecule has 0 aliphatic rings. The smallest absolute Gasteiger partial charge is 0.240 e. The molecule has 1 aromatic carbocycles. The summed E-state index contributed by atoms with van der Waals surface area (Å²) in [6.45, 7) is 5.47. The topological polar surface area (TPSA) is 50.6 Å². The summed E-state index contributed by atoms with van der Waals surface area (Å²) in [4.78, 5) is 1.62. The Kier molecular flexibility index (Phi) is 4.90. The minimum Gasteiger partial charge on any atom is -0.339 e. The summed E-state index contributed by atoms with van der Waals surface area (Å²) in [5.74, 6) is 0. The fourth-order valence-corrected chi connectivity index (χ4v) is 3.26. The first-order valence-corrected chi connectivity index (χ1v) is 7.55. The van der Waals surface area contributed by atoms with E-state index in [0.717, 1.165) is 6.54 Å². The van der Waals surface area contributed by atoms with Gasteiger partial charge in [0.1, 0.15) is 0 Å². The number of quaternary nitrogens is 1. The Bertz CT molecular complexity index is 467. The summed E-state index contributed by atoms with van der Waals surface area (Å²) in [6, 6.07) is 8.46. The fourth-order valence-electron chi connectivity index (χ4n) is 1.99. The second kappa shape index (κ2) is 5.82. The van der Waals surface area contributed by atoms with Crippen LogP contribution in [-0.2, 0) is 10.0 Å². The van der Waals surface area contributed by atoms with Gasteiger partial charge in [0.2, 0.25) is 10.0 Å². The molecule has 0 atom stereocenters. The highest BCUT2D eigenvalue weighted by molar-refractivity contribution is 7.89. The molecular weight excluding hydrogens is 248 g/mol. The van der Waals surface area contributed by atoms with Gasteiger partial charge in [0.15, 0.2) is 0 Å². The summed E-state index contributed by atoms with van der Waals surface area (Å²) in [6.07, 6.45) is 0. The molecule has 0 bridgehead atoms. The molecule has 0 radical (unpaired) electrons. The Balaban J connectivity index is 2.69. The van der Waals surface area contributed by atoms with Gasteiger partial charge in [-0.15, -0.1) is 0 Å². The maximum Gasteiger partial charge on any atom is 0.240 e. The molecule has 0 aromatic heterocycles. The van der Waals surface area contributed by atoms with Gasteiger partial charge in [-0.3, -0.25) is 0 Å². The van der Waals surface area contributed by atoms with Crippen LogP contribution in [0.25, 0.3) is 0 Å². The number of sulfonamides is 1. The number of hydrogen-bond acceptors (Lipinski definition) is 2. The molecule has 5 heteroatoms. The number of benzene rings is 1. The third kappa shape index (κ3) is 4.76. The van der Waals surface area contributed by atoms with Crippen molar-refractivity contribution in [3.63, 3.8) is 0 Å². The van der Waals surface area contributed by atoms with E-state index in [0.29, 0.717) is 11.4 Å². The summed E-state index contributed by atoms with van der Waals surface area (Å²) in [7, 11) is 0.737. The number of hydrogen-bond donors (Lipinski definition) is 2. The van der Waals surface area contributed by atoms with E-state index in [1.807, 2.05) is 0 Å². The largest absolute Gasteiger partial charge is 0.339 e. The maximum absolute atomic E-state index is 12.0. The molecule has 0 saturated heterocycles. The van der Waals surface area contributed by atoms with E-state index >= 15 is 0 Å². The Morgan fingerprint density at radius 2 is 1.72 bits per heavy atom. The monoisotopic (exact) mass is 271 g/mol. The lowest BCUT2D eigenvalue weighted by molar-refractivity contribution is -0.865. The second-order valence-corrected chi connectivity index (χ2v) is 7.45. The van der Waals surface area contributed by atoms with Crippen LogP contribution in [0.5, 0.6) is 0 Å². The Morgan fingerprint density at radius 3 is 2.22 bits per heavy atom. The van der Waals surface area contributed by atoms with Gasteiger partial charge < -0.3 is 4.90 Å². The lowest BCUT2D eigenvalue weighted by Gasteiger charge is -2.25. The van der Waals surface area contributed by atoms with E-state index in [-0.39, 0.29) is 5.41 Å². The highest BCUT2D eigenvalue weighted by Crippen LogP contribution is 2.13. The molecule has 0 aliphatic heterocycles. The predicted molar refractivity (Wildman–Crippen MR) is 73.1 cm³/mol. The summed E-state index contributed by atoms with van der Waals surface area (Å²) < 4.78 is 26.8. The van der Waals surface area contributed by atoms with E-state index in [1.54, 1.807) is 30.3 Å². The first-order valence-electron chi connectivity index (χ1n) is 6.07. The van der Waals surface area contributed by atoms with E-state index in [2.05, 4.69) is 32.7 Å². The predicted octanol–water partition coefficient (Wildman–Crippen LogP) is 0.136. The van der Waals surface area contributed by atoms with Crippen molar-refractivity contribution in [3.05, 3.63) is 30.3 Å². The molecule has 0 unspecified atom stereocenters. The number of nitrogens with one attached hydrogen (secondary N) is 2. The molecule has 1 rings (SSSR count). The van der Waals surface area contributed by atoms with Gasteiger partial charge in [-0.25, -0.2) is 13.1 Å². The SMILES string of the molecule is C[NH+](C)CC(C)(C)CNS(=O)(=O)c1ccccc1. The zero-order valence-electron chi connectivity index (χ0n) is 11.5. The molecule has 4 nitrogen and oxygen atoms in total. The molecule has 0 fully saturated rings. The Morgan fingerprint density at radius 1 is 1.17 bits per heavy atom. The number of rotatable bonds is 6. The van der Waals surface area contributed by atoms with Crippen LogP contribution in [0, 0.1) is 5.41 Å². The molecule has 1 aromatic rings. The average molecular weight is 271 g/mol. The van der Waals surface area contributed by atoms with E-state index in [4.69, 9.17) is 0 Å². The molecule has 0 spiro atoms. The zero-order valence-corrected chi connectivity index (χ0v) is 12.3. The summed E-state index contributed by atoms with van der Waals surface area (Å²) in [5.41, 5.74) is -0.0688. The van der Waals surface area contributed by atoms with E-state index in [9.17, 15) is 8.42 Å². The van der Waals surface area contributed by atoms with Crippen LogP contribution in [-0.4, -0.2) is 35.6 Å². The van der Waals surface area contributed by atoms with Crippen LogP contribution < -0.4 is 9.62 Å². The van der Waals surface area contributed by atoms with Crippen molar-refractivity contribution in [2.75, 3.05) is 27.2 Å². The highest BCUT2D eigenvalue weighted by atomic mass is 32.2. The lowest BCUT2D eigenvalue weighted by Crippen LogP contribution is -3.07. The standard InChI is InChI=1S/C13H22N2O2S/c1-13(2,11-15(3)4)10-14-18(16,17)12-8-6-5-7-9-12/h5-9,14H,10-11H2,1-4H3/p+1. The minimum atomic E-state index is -3.39. The van der Waals surface area contributed by atoms with Crippen molar-refractivity contribution in [2.24, 2.45) is 5.41 Å². The van der Waals surface area contributed by atoms with Crippen LogP contribution in [0.3, 0.4) is 0 Å². The van der Waals surface area contributed by atoms with Gasteiger partial charge in [-0.05, 0) is 12.1 Å². The van der Waals surface area contributed by atoms with Crippen molar-refractivity contribution in [2.45, 2.75) is 18.7 Å². The second-order valence-electron chi connectivity index (χ2n) is 5.69. The average Bonchev–Trinajstić information content (AvgIpc) is 2.26. The van der Waals surface area contributed by atoms with Gasteiger partial charge in [0.05, 0.1) is 25.5 Å². The van der Waals surface area contributed by atoms with Crippen LogP contribution in [0.15, 0.2) is 35.2 Å². The van der Waals surface area contributed by atoms with E-state index < -0.39 is 10.0 Å². The van der Waals surface area contributed by atoms with Crippen molar-refractivity contribution in [1.29, 1.82) is 0 Å². The van der Waals surface area contributed by atoms with Crippen LogP contribution in [0.1, 0.15) is 13.8 Å². The summed E-state index contributed by atoms with van der Waals surface area (Å²) >= 11 is 0. The molecule has 2 N–H and O–H groups in total. The third-order valence-corrected chi connectivity index (χ3v) is 4.04. The zero-order chi connectivity index (χ0) is 13.8. The molecular formula is C13H23N2O2S+. The maximum atomic E-state index is 12.0. The summed E-state index contributed by atoms with van der Waals surface area (Å²) in [5, 5.41) is 0. The van der Waals surface area contributed by atoms with Gasteiger partial charge in [0.25, 0.3) is 0 Å². The fraction of sp³-hybridized carbons (Fsp3) is 0.538. The van der Waals surface area contributed by atoms with Crippen molar-refractivity contribution < 1.29 is 13.3 Å². The molecule has 0 aliphatic carbocycles. The molecule has 0 heterocycles. The quantitative estimate of drug-likeness (QED) is 0.773. The Labute approximate surface area is 110 Å². The van der Waals surface area contributed by atoms with Crippen molar-refractivity contribution >= 4 is 10.0 Å². The third-order valence-electron chi connectivity index (χ3n) is 2.63. The van der Waals surface area contributed by atoms with Crippen LogP contribution >= 0.6 is 0 Å². The normalized spacial score (nSPS) is 12.9. The molecule has 0 amide bonds. The van der Waals surface area contributed by atoms with Gasteiger partial charge in [-0.1, -0.05) is 32.0 Å². The van der Waals surface area contributed by atoms with Crippen LogP contribution in [0.4, 0.5) is 0 Å². The Hall–Kier alpha value is -0.910. The first kappa shape index (κ1) is 15.1. The molecule has 102 valence electrons. The van der Waals surface area contributed by atoms with Gasteiger partial charge in [-0.2, -0.15) is 0 Å². The van der Waals surface area contributed by atoms with Gasteiger partial charge >= 0.3 is 0 Å². The van der Waals surface area contributed by atoms with Crippen molar-refractivity contribution in [3.8, 4) is 0 Å². The minimum absolute atomic E-state index is 0.0688. The first-order chi connectivity index (χ1) is 8.23. The van der Waals surface area contributed by atoms with E-state index in [1.165, 1.54) is 4.90 Å². The highest BCUT2D eigenvalue weighted by Gasteiger charge is 2.24. The molecule has 0 saturated carbocycles. The van der Waals surface area contributed by atoms with Crippen molar-refractivity contribution in [1.82, 2.24) is 4.72 Å².